The first-order valence-electron chi connectivity index (χ1n) is 11.5. The van der Waals surface area contributed by atoms with Crippen molar-refractivity contribution in [3.8, 4) is 11.3 Å². The first-order chi connectivity index (χ1) is 15.6. The van der Waals surface area contributed by atoms with Crippen molar-refractivity contribution in [3.63, 3.8) is 0 Å². The Labute approximate surface area is 188 Å². The van der Waals surface area contributed by atoms with E-state index < -0.39 is 0 Å². The summed E-state index contributed by atoms with van der Waals surface area (Å²) < 4.78 is 20.8. The minimum absolute atomic E-state index is 0.241. The third-order valence-electron chi connectivity index (χ3n) is 6.70. The van der Waals surface area contributed by atoms with Crippen LogP contribution in [-0.4, -0.2) is 90.0 Å². The molecule has 5 rings (SSSR count). The van der Waals surface area contributed by atoms with Gasteiger partial charge in [-0.1, -0.05) is 0 Å². The Morgan fingerprint density at radius 1 is 0.906 bits per heavy atom. The second kappa shape index (κ2) is 9.13. The summed E-state index contributed by atoms with van der Waals surface area (Å²) in [6.07, 6.45) is 0. The molecule has 0 spiro atoms. The van der Waals surface area contributed by atoms with E-state index in [9.17, 15) is 4.39 Å². The molecule has 0 atom stereocenters. The number of aromatic nitrogens is 3. The Bertz CT molecular complexity index is 1070. The molecule has 2 aliphatic heterocycles. The average molecular weight is 439 g/mol. The van der Waals surface area contributed by atoms with Crippen LogP contribution in [0.5, 0.6) is 0 Å². The van der Waals surface area contributed by atoms with Gasteiger partial charge in [0.15, 0.2) is 5.65 Å². The molecule has 0 aliphatic carbocycles. The summed E-state index contributed by atoms with van der Waals surface area (Å²) in [5.41, 5.74) is 4.72. The highest BCUT2D eigenvalue weighted by Gasteiger charge is 2.23. The van der Waals surface area contributed by atoms with E-state index in [1.54, 1.807) is 12.1 Å². The summed E-state index contributed by atoms with van der Waals surface area (Å²) >= 11 is 0. The van der Waals surface area contributed by atoms with Gasteiger partial charge in [0, 0.05) is 75.2 Å². The van der Waals surface area contributed by atoms with Gasteiger partial charge in [-0.2, -0.15) is 9.61 Å². The highest BCUT2D eigenvalue weighted by atomic mass is 19.1. The van der Waals surface area contributed by atoms with Crippen molar-refractivity contribution < 1.29 is 9.13 Å². The number of hydrogen-bond acceptors (Lipinski definition) is 6. The Kier molecular flexibility index (Phi) is 6.08. The van der Waals surface area contributed by atoms with E-state index in [0.717, 1.165) is 99.6 Å². The number of hydrogen-bond donors (Lipinski definition) is 0. The van der Waals surface area contributed by atoms with Gasteiger partial charge in [-0.05, 0) is 38.1 Å². The van der Waals surface area contributed by atoms with Crippen molar-refractivity contribution in [3.05, 3.63) is 47.4 Å². The molecule has 3 aromatic rings. The molecule has 4 heterocycles. The third kappa shape index (κ3) is 4.35. The average Bonchev–Trinajstić information content (AvgIpc) is 3.23. The first-order valence-corrected chi connectivity index (χ1v) is 11.5. The molecule has 0 bridgehead atoms. The number of anilines is 1. The number of benzene rings is 1. The molecule has 2 saturated heterocycles. The lowest BCUT2D eigenvalue weighted by Crippen LogP contribution is -2.50. The second-order valence-electron chi connectivity index (χ2n) is 8.73. The van der Waals surface area contributed by atoms with Gasteiger partial charge < -0.3 is 9.64 Å². The zero-order valence-electron chi connectivity index (χ0n) is 18.9. The van der Waals surface area contributed by atoms with Crippen molar-refractivity contribution in [2.75, 3.05) is 70.5 Å². The number of nitrogens with zero attached hydrogens (tertiary/aromatic N) is 6. The van der Waals surface area contributed by atoms with Crippen LogP contribution in [0.25, 0.3) is 16.9 Å². The molecule has 8 heteroatoms. The van der Waals surface area contributed by atoms with Crippen LogP contribution in [0.3, 0.4) is 0 Å². The second-order valence-corrected chi connectivity index (χ2v) is 8.73. The Morgan fingerprint density at radius 3 is 2.25 bits per heavy atom. The molecule has 32 heavy (non-hydrogen) atoms. The zero-order valence-corrected chi connectivity index (χ0v) is 18.9. The van der Waals surface area contributed by atoms with E-state index >= 15 is 0 Å². The topological polar surface area (TPSA) is 49.1 Å². The van der Waals surface area contributed by atoms with E-state index in [-0.39, 0.29) is 5.82 Å². The highest BCUT2D eigenvalue weighted by Crippen LogP contribution is 2.28. The lowest BCUT2D eigenvalue weighted by molar-refractivity contribution is 0.0331. The fourth-order valence-corrected chi connectivity index (χ4v) is 4.61. The predicted molar refractivity (Wildman–Crippen MR) is 124 cm³/mol. The largest absolute Gasteiger partial charge is 0.379 e. The molecule has 0 saturated carbocycles. The molecule has 0 radical (unpaired) electrons. The van der Waals surface area contributed by atoms with Crippen molar-refractivity contribution in [2.24, 2.45) is 0 Å². The molecule has 0 amide bonds. The fraction of sp³-hybridized carbons (Fsp3) is 0.500. The molecule has 1 aromatic carbocycles. The van der Waals surface area contributed by atoms with Crippen molar-refractivity contribution in [1.29, 1.82) is 0 Å². The van der Waals surface area contributed by atoms with Crippen LogP contribution in [0.15, 0.2) is 30.3 Å². The van der Waals surface area contributed by atoms with Crippen LogP contribution >= 0.6 is 0 Å². The smallest absolute Gasteiger partial charge is 0.158 e. The van der Waals surface area contributed by atoms with Gasteiger partial charge in [-0.25, -0.2) is 9.37 Å². The maximum Gasteiger partial charge on any atom is 0.158 e. The number of morpholine rings is 1. The number of halogens is 1. The number of fused-ring (bicyclic) bond motifs is 1. The van der Waals surface area contributed by atoms with Crippen molar-refractivity contribution in [2.45, 2.75) is 13.8 Å². The van der Waals surface area contributed by atoms with E-state index in [1.165, 1.54) is 12.1 Å². The van der Waals surface area contributed by atoms with Crippen LogP contribution < -0.4 is 4.90 Å². The lowest BCUT2D eigenvalue weighted by atomic mass is 10.1. The summed E-state index contributed by atoms with van der Waals surface area (Å²) in [6, 6.07) is 8.47. The van der Waals surface area contributed by atoms with Gasteiger partial charge in [0.25, 0.3) is 0 Å². The quantitative estimate of drug-likeness (QED) is 0.610. The van der Waals surface area contributed by atoms with E-state index in [1.807, 2.05) is 10.6 Å². The molecule has 0 N–H and O–H groups in total. The summed E-state index contributed by atoms with van der Waals surface area (Å²) in [5.74, 6) is 0.878. The Hall–Kier alpha value is -2.55. The standard InChI is InChI=1S/C24H31FN6O/c1-18-19(2)26-23-17-22(20-3-5-21(25)6-4-20)27-31(23)24(18)30-11-9-28(10-12-30)7-8-29-13-15-32-16-14-29/h3-6,17H,7-16H2,1-2H3. The summed E-state index contributed by atoms with van der Waals surface area (Å²) in [5, 5.41) is 4.86. The van der Waals surface area contributed by atoms with Crippen LogP contribution in [0, 0.1) is 19.7 Å². The van der Waals surface area contributed by atoms with Gasteiger partial charge in [0.1, 0.15) is 11.6 Å². The zero-order chi connectivity index (χ0) is 22.1. The maximum atomic E-state index is 13.4. The summed E-state index contributed by atoms with van der Waals surface area (Å²) in [7, 11) is 0. The molecule has 170 valence electrons. The van der Waals surface area contributed by atoms with Crippen molar-refractivity contribution >= 4 is 11.5 Å². The minimum Gasteiger partial charge on any atom is -0.379 e. The van der Waals surface area contributed by atoms with Gasteiger partial charge >= 0.3 is 0 Å². The van der Waals surface area contributed by atoms with E-state index in [0.29, 0.717) is 0 Å². The van der Waals surface area contributed by atoms with Gasteiger partial charge in [-0.3, -0.25) is 9.80 Å². The van der Waals surface area contributed by atoms with Crippen LogP contribution in [-0.2, 0) is 4.74 Å². The SMILES string of the molecule is Cc1nc2cc(-c3ccc(F)cc3)nn2c(N2CCN(CCN3CCOCC3)CC2)c1C. The van der Waals surface area contributed by atoms with E-state index in [4.69, 9.17) is 14.8 Å². The summed E-state index contributed by atoms with van der Waals surface area (Å²) in [4.78, 5) is 12.3. The molecule has 2 aromatic heterocycles. The monoisotopic (exact) mass is 438 g/mol. The molecular formula is C24H31FN6O. The van der Waals surface area contributed by atoms with Gasteiger partial charge in [0.05, 0.1) is 18.9 Å². The summed E-state index contributed by atoms with van der Waals surface area (Å²) in [6.45, 7) is 14.2. The van der Waals surface area contributed by atoms with Gasteiger partial charge in [0.2, 0.25) is 0 Å². The molecule has 2 aliphatic rings. The van der Waals surface area contributed by atoms with Crippen LogP contribution in [0.1, 0.15) is 11.3 Å². The van der Waals surface area contributed by atoms with Gasteiger partial charge in [-0.15, -0.1) is 0 Å². The Morgan fingerprint density at radius 2 is 1.56 bits per heavy atom. The predicted octanol–water partition coefficient (Wildman–Crippen LogP) is 2.61. The Balaban J connectivity index is 1.33. The minimum atomic E-state index is -0.241. The number of piperazine rings is 1. The van der Waals surface area contributed by atoms with Crippen LogP contribution in [0.2, 0.25) is 0 Å². The fourth-order valence-electron chi connectivity index (χ4n) is 4.61. The molecule has 0 unspecified atom stereocenters. The number of rotatable bonds is 5. The van der Waals surface area contributed by atoms with Crippen LogP contribution in [0.4, 0.5) is 10.2 Å². The number of aryl methyl sites for hydroxylation is 1. The number of ether oxygens (including phenoxy) is 1. The van der Waals surface area contributed by atoms with Crippen molar-refractivity contribution in [1.82, 2.24) is 24.4 Å². The maximum absolute atomic E-state index is 13.4. The molecule has 7 nitrogen and oxygen atoms in total. The normalized spacial score (nSPS) is 18.5. The third-order valence-corrected chi connectivity index (χ3v) is 6.70. The highest BCUT2D eigenvalue weighted by molar-refractivity contribution is 5.67. The van der Waals surface area contributed by atoms with E-state index in [2.05, 4.69) is 28.5 Å². The lowest BCUT2D eigenvalue weighted by Gasteiger charge is -2.38. The molecule has 2 fully saturated rings. The molecular weight excluding hydrogens is 407 g/mol. The first kappa shape index (κ1) is 21.3.